The lowest BCUT2D eigenvalue weighted by atomic mass is 10.4. The van der Waals surface area contributed by atoms with Gasteiger partial charge < -0.3 is 8.94 Å². The number of rotatable bonds is 3. The van der Waals surface area contributed by atoms with Crippen LogP contribution in [0.2, 0.25) is 0 Å². The van der Waals surface area contributed by atoms with E-state index >= 15 is 0 Å². The topological polar surface area (TPSA) is 55.3 Å². The van der Waals surface area contributed by atoms with Crippen molar-refractivity contribution >= 4 is 11.8 Å². The van der Waals surface area contributed by atoms with Crippen LogP contribution in [-0.2, 0) is 6.54 Å². The molecule has 1 aliphatic rings. The van der Waals surface area contributed by atoms with Gasteiger partial charge in [-0.05, 0) is 12.1 Å². The van der Waals surface area contributed by atoms with Gasteiger partial charge in [-0.3, -0.25) is 4.90 Å². The number of furan rings is 1. The van der Waals surface area contributed by atoms with E-state index in [0.717, 1.165) is 19.6 Å². The fraction of sp³-hybridized carbons (Fsp3) is 0.455. The first-order chi connectivity index (χ1) is 8.42. The Balaban J connectivity index is 1.68. The van der Waals surface area contributed by atoms with Gasteiger partial charge in [0.05, 0.1) is 12.8 Å². The van der Waals surface area contributed by atoms with E-state index in [1.807, 2.05) is 23.9 Å². The molecule has 0 bridgehead atoms. The number of hydrogen-bond acceptors (Lipinski definition) is 6. The van der Waals surface area contributed by atoms with E-state index < -0.39 is 0 Å². The summed E-state index contributed by atoms with van der Waals surface area (Å²) in [7, 11) is 0. The van der Waals surface area contributed by atoms with Crippen LogP contribution >= 0.6 is 11.8 Å². The Morgan fingerprint density at radius 1 is 1.35 bits per heavy atom. The molecule has 1 aliphatic heterocycles. The van der Waals surface area contributed by atoms with Crippen LogP contribution in [-0.4, -0.2) is 39.6 Å². The average Bonchev–Trinajstić information content (AvgIpc) is 3.00. The highest BCUT2D eigenvalue weighted by Crippen LogP contribution is 2.17. The molecule has 0 unspecified atom stereocenters. The van der Waals surface area contributed by atoms with Gasteiger partial charge in [-0.15, -0.1) is 0 Å². The fourth-order valence-corrected chi connectivity index (χ4v) is 2.75. The molecule has 0 saturated carbocycles. The minimum atomic E-state index is 0.524. The Hall–Kier alpha value is -1.27. The first kappa shape index (κ1) is 10.9. The van der Waals surface area contributed by atoms with Crippen LogP contribution < -0.4 is 0 Å². The van der Waals surface area contributed by atoms with Crippen molar-refractivity contribution in [2.75, 3.05) is 24.6 Å². The van der Waals surface area contributed by atoms with Crippen LogP contribution in [0.3, 0.4) is 0 Å². The second-order valence-electron chi connectivity index (χ2n) is 3.88. The molecule has 3 heterocycles. The summed E-state index contributed by atoms with van der Waals surface area (Å²) in [6.07, 6.45) is 1.60. The van der Waals surface area contributed by atoms with E-state index in [-0.39, 0.29) is 0 Å². The molecular formula is C11H13N3O2S. The van der Waals surface area contributed by atoms with Gasteiger partial charge in [0.1, 0.15) is 0 Å². The highest BCUT2D eigenvalue weighted by atomic mass is 32.2. The number of aromatic nitrogens is 2. The number of hydrogen-bond donors (Lipinski definition) is 0. The minimum Gasteiger partial charge on any atom is -0.461 e. The number of nitrogens with zero attached hydrogens (tertiary/aromatic N) is 3. The summed E-state index contributed by atoms with van der Waals surface area (Å²) in [5, 5.41) is 3.91. The molecule has 6 heteroatoms. The molecule has 0 spiro atoms. The van der Waals surface area contributed by atoms with Gasteiger partial charge in [0.15, 0.2) is 5.76 Å². The largest absolute Gasteiger partial charge is 0.461 e. The zero-order chi connectivity index (χ0) is 11.5. The molecular weight excluding hydrogens is 238 g/mol. The van der Waals surface area contributed by atoms with Crippen LogP contribution in [0, 0.1) is 0 Å². The summed E-state index contributed by atoms with van der Waals surface area (Å²) in [5.41, 5.74) is 0. The third-order valence-electron chi connectivity index (χ3n) is 2.67. The van der Waals surface area contributed by atoms with Crippen LogP contribution in [0.15, 0.2) is 27.3 Å². The van der Waals surface area contributed by atoms with E-state index in [2.05, 4.69) is 15.0 Å². The SMILES string of the molecule is c1coc(-c2noc(CN3CCSCC3)n2)c1. The maximum Gasteiger partial charge on any atom is 0.241 e. The molecule has 90 valence electrons. The summed E-state index contributed by atoms with van der Waals surface area (Å²) in [4.78, 5) is 6.66. The molecule has 0 N–H and O–H groups in total. The second-order valence-corrected chi connectivity index (χ2v) is 5.10. The lowest BCUT2D eigenvalue weighted by molar-refractivity contribution is 0.245. The zero-order valence-electron chi connectivity index (χ0n) is 9.33. The molecule has 1 fully saturated rings. The van der Waals surface area contributed by atoms with Crippen molar-refractivity contribution in [1.29, 1.82) is 0 Å². The van der Waals surface area contributed by atoms with Crippen molar-refractivity contribution in [3.05, 3.63) is 24.3 Å². The van der Waals surface area contributed by atoms with Crippen LogP contribution in [0.5, 0.6) is 0 Å². The van der Waals surface area contributed by atoms with Crippen molar-refractivity contribution in [2.24, 2.45) is 0 Å². The first-order valence-electron chi connectivity index (χ1n) is 5.58. The Bertz CT molecular complexity index is 463. The monoisotopic (exact) mass is 251 g/mol. The van der Waals surface area contributed by atoms with Crippen LogP contribution in [0.25, 0.3) is 11.6 Å². The van der Waals surface area contributed by atoms with Gasteiger partial charge in [-0.1, -0.05) is 5.16 Å². The van der Waals surface area contributed by atoms with Gasteiger partial charge in [0.25, 0.3) is 0 Å². The van der Waals surface area contributed by atoms with Gasteiger partial charge in [0, 0.05) is 24.6 Å². The molecule has 0 radical (unpaired) electrons. The van der Waals surface area contributed by atoms with Crippen molar-refractivity contribution < 1.29 is 8.94 Å². The van der Waals surface area contributed by atoms with Crippen molar-refractivity contribution in [3.8, 4) is 11.6 Å². The smallest absolute Gasteiger partial charge is 0.241 e. The lowest BCUT2D eigenvalue weighted by Crippen LogP contribution is -2.32. The molecule has 2 aromatic heterocycles. The van der Waals surface area contributed by atoms with Gasteiger partial charge in [-0.25, -0.2) is 0 Å². The van der Waals surface area contributed by atoms with E-state index in [9.17, 15) is 0 Å². The Kier molecular flexibility index (Phi) is 3.15. The summed E-state index contributed by atoms with van der Waals surface area (Å²) >= 11 is 1.99. The molecule has 5 nitrogen and oxygen atoms in total. The summed E-state index contributed by atoms with van der Waals surface area (Å²) in [6, 6.07) is 3.64. The van der Waals surface area contributed by atoms with Crippen molar-refractivity contribution in [1.82, 2.24) is 15.0 Å². The second kappa shape index (κ2) is 4.93. The van der Waals surface area contributed by atoms with Crippen LogP contribution in [0.1, 0.15) is 5.89 Å². The van der Waals surface area contributed by atoms with Crippen molar-refractivity contribution in [3.63, 3.8) is 0 Å². The highest BCUT2D eigenvalue weighted by Gasteiger charge is 2.16. The molecule has 0 aliphatic carbocycles. The Morgan fingerprint density at radius 3 is 3.00 bits per heavy atom. The van der Waals surface area contributed by atoms with Crippen LogP contribution in [0.4, 0.5) is 0 Å². The lowest BCUT2D eigenvalue weighted by Gasteiger charge is -2.24. The van der Waals surface area contributed by atoms with E-state index in [4.69, 9.17) is 8.94 Å². The van der Waals surface area contributed by atoms with E-state index in [0.29, 0.717) is 17.5 Å². The molecule has 0 aromatic carbocycles. The van der Waals surface area contributed by atoms with Crippen molar-refractivity contribution in [2.45, 2.75) is 6.54 Å². The molecule has 3 rings (SSSR count). The van der Waals surface area contributed by atoms with E-state index in [1.54, 1.807) is 6.26 Å². The average molecular weight is 251 g/mol. The maximum atomic E-state index is 5.22. The summed E-state index contributed by atoms with van der Waals surface area (Å²) in [5.74, 6) is 4.19. The summed E-state index contributed by atoms with van der Waals surface area (Å²) < 4.78 is 10.4. The standard InChI is InChI=1S/C11H13N3O2S/c1-2-9(15-5-1)11-12-10(16-13-11)8-14-3-6-17-7-4-14/h1-2,5H,3-4,6-8H2. The quantitative estimate of drug-likeness (QED) is 0.830. The maximum absolute atomic E-state index is 5.22. The Morgan fingerprint density at radius 2 is 2.24 bits per heavy atom. The third kappa shape index (κ3) is 2.53. The molecule has 2 aromatic rings. The zero-order valence-corrected chi connectivity index (χ0v) is 10.2. The van der Waals surface area contributed by atoms with Gasteiger partial charge in [0.2, 0.25) is 11.7 Å². The summed E-state index contributed by atoms with van der Waals surface area (Å²) in [6.45, 7) is 2.90. The molecule has 1 saturated heterocycles. The predicted octanol–water partition coefficient (Wildman–Crippen LogP) is 1.88. The normalized spacial score (nSPS) is 17.4. The Labute approximate surface area is 103 Å². The molecule has 17 heavy (non-hydrogen) atoms. The third-order valence-corrected chi connectivity index (χ3v) is 3.61. The van der Waals surface area contributed by atoms with E-state index in [1.165, 1.54) is 11.5 Å². The fourth-order valence-electron chi connectivity index (χ4n) is 1.78. The highest BCUT2D eigenvalue weighted by molar-refractivity contribution is 7.99. The number of thioether (sulfide) groups is 1. The minimum absolute atomic E-state index is 0.524. The first-order valence-corrected chi connectivity index (χ1v) is 6.74. The molecule has 0 atom stereocenters. The van der Waals surface area contributed by atoms with Gasteiger partial charge in [-0.2, -0.15) is 16.7 Å². The predicted molar refractivity (Wildman–Crippen MR) is 64.6 cm³/mol. The molecule has 0 amide bonds. The van der Waals surface area contributed by atoms with Gasteiger partial charge >= 0.3 is 0 Å².